The number of aromatic nitrogens is 3. The van der Waals surface area contributed by atoms with Gasteiger partial charge in [-0.05, 0) is 30.5 Å². The number of piperazine rings is 1. The molecule has 0 bridgehead atoms. The van der Waals surface area contributed by atoms with Crippen molar-refractivity contribution in [3.8, 4) is 0 Å². The maximum absolute atomic E-state index is 12.2. The largest absolute Gasteiger partial charge is 0.353 e. The van der Waals surface area contributed by atoms with Crippen molar-refractivity contribution in [1.29, 1.82) is 0 Å². The van der Waals surface area contributed by atoms with Crippen molar-refractivity contribution in [3.05, 3.63) is 36.3 Å². The Hall–Kier alpha value is -2.70. The number of rotatable bonds is 5. The molecule has 2 aromatic heterocycles. The van der Waals surface area contributed by atoms with Crippen LogP contribution < -0.4 is 10.2 Å². The van der Waals surface area contributed by atoms with Crippen molar-refractivity contribution in [1.82, 2.24) is 19.9 Å². The summed E-state index contributed by atoms with van der Waals surface area (Å²) < 4.78 is 0. The lowest BCUT2D eigenvalue weighted by Crippen LogP contribution is -2.49. The summed E-state index contributed by atoms with van der Waals surface area (Å²) in [6.07, 6.45) is 3.95. The lowest BCUT2D eigenvalue weighted by Gasteiger charge is -2.35. The first-order valence-electron chi connectivity index (χ1n) is 9.05. The predicted octanol–water partition coefficient (Wildman–Crippen LogP) is 2.62. The van der Waals surface area contributed by atoms with Gasteiger partial charge in [0.2, 0.25) is 5.91 Å². The van der Waals surface area contributed by atoms with Gasteiger partial charge in [0, 0.05) is 44.9 Å². The second-order valence-corrected chi connectivity index (χ2v) is 7.07. The number of amides is 1. The van der Waals surface area contributed by atoms with Crippen LogP contribution in [0, 0.1) is 12.8 Å². The highest BCUT2D eigenvalue weighted by Gasteiger charge is 2.22. The van der Waals surface area contributed by atoms with Gasteiger partial charge in [-0.2, -0.15) is 0 Å². The van der Waals surface area contributed by atoms with Gasteiger partial charge >= 0.3 is 0 Å². The average molecular weight is 354 g/mol. The van der Waals surface area contributed by atoms with Crippen LogP contribution in [-0.2, 0) is 4.79 Å². The van der Waals surface area contributed by atoms with Crippen LogP contribution in [0.4, 0.5) is 17.5 Å². The Morgan fingerprint density at radius 2 is 1.85 bits per heavy atom. The van der Waals surface area contributed by atoms with E-state index in [9.17, 15) is 4.79 Å². The fraction of sp³-hybridized carbons (Fsp3) is 0.474. The molecule has 1 amide bonds. The van der Waals surface area contributed by atoms with Crippen molar-refractivity contribution in [2.24, 2.45) is 5.92 Å². The van der Waals surface area contributed by atoms with Crippen LogP contribution in [0.5, 0.6) is 0 Å². The van der Waals surface area contributed by atoms with Gasteiger partial charge in [0.05, 0.1) is 0 Å². The molecule has 7 heteroatoms. The molecule has 0 spiro atoms. The molecule has 3 heterocycles. The Morgan fingerprint density at radius 1 is 1.12 bits per heavy atom. The Balaban J connectivity index is 1.61. The van der Waals surface area contributed by atoms with Crippen molar-refractivity contribution < 1.29 is 4.79 Å². The summed E-state index contributed by atoms with van der Waals surface area (Å²) in [6, 6.07) is 5.85. The standard InChI is InChI=1S/C19H26N6O/c1-14(2)10-19(26)25-8-6-24(7-9-25)18-12-17(21-13-22-18)23-16-11-15(3)4-5-20-16/h4-5,11-14H,6-10H2,1-3H3,(H,20,21,22,23). The Morgan fingerprint density at radius 3 is 2.54 bits per heavy atom. The van der Waals surface area contributed by atoms with E-state index in [0.717, 1.165) is 43.4 Å². The second-order valence-electron chi connectivity index (χ2n) is 7.07. The number of carbonyl (C=O) groups excluding carboxylic acids is 1. The maximum atomic E-state index is 12.2. The van der Waals surface area contributed by atoms with Gasteiger partial charge in [0.15, 0.2) is 0 Å². The minimum atomic E-state index is 0.246. The van der Waals surface area contributed by atoms with Crippen molar-refractivity contribution in [2.75, 3.05) is 36.4 Å². The first-order chi connectivity index (χ1) is 12.5. The van der Waals surface area contributed by atoms with Crippen LogP contribution in [0.1, 0.15) is 25.8 Å². The smallest absolute Gasteiger partial charge is 0.222 e. The van der Waals surface area contributed by atoms with Crippen LogP contribution in [0.25, 0.3) is 0 Å². The van der Waals surface area contributed by atoms with E-state index in [-0.39, 0.29) is 5.91 Å². The van der Waals surface area contributed by atoms with Crippen LogP contribution in [-0.4, -0.2) is 51.9 Å². The lowest BCUT2D eigenvalue weighted by molar-refractivity contribution is -0.132. The quantitative estimate of drug-likeness (QED) is 0.890. The van der Waals surface area contributed by atoms with Gasteiger partial charge < -0.3 is 15.1 Å². The molecule has 1 aliphatic heterocycles. The molecule has 1 aliphatic rings. The molecule has 0 saturated carbocycles. The monoisotopic (exact) mass is 354 g/mol. The summed E-state index contributed by atoms with van der Waals surface area (Å²) in [5.74, 6) is 2.98. The summed E-state index contributed by atoms with van der Waals surface area (Å²) >= 11 is 0. The SMILES string of the molecule is Cc1ccnc(Nc2cc(N3CCN(C(=O)CC(C)C)CC3)ncn2)c1. The van der Waals surface area contributed by atoms with Crippen LogP contribution in [0.2, 0.25) is 0 Å². The van der Waals surface area contributed by atoms with Crippen molar-refractivity contribution in [2.45, 2.75) is 27.2 Å². The molecular weight excluding hydrogens is 328 g/mol. The molecule has 1 saturated heterocycles. The van der Waals surface area contributed by atoms with Gasteiger partial charge in [-0.25, -0.2) is 15.0 Å². The average Bonchev–Trinajstić information content (AvgIpc) is 2.61. The van der Waals surface area contributed by atoms with E-state index < -0.39 is 0 Å². The number of anilines is 3. The van der Waals surface area contributed by atoms with E-state index in [1.165, 1.54) is 0 Å². The zero-order valence-electron chi connectivity index (χ0n) is 15.6. The number of hydrogen-bond donors (Lipinski definition) is 1. The molecule has 1 fully saturated rings. The normalized spacial score (nSPS) is 14.6. The van der Waals surface area contributed by atoms with E-state index in [1.807, 2.05) is 30.0 Å². The molecule has 0 radical (unpaired) electrons. The fourth-order valence-corrected chi connectivity index (χ4v) is 2.99. The molecule has 2 aromatic rings. The molecule has 0 atom stereocenters. The molecule has 0 unspecified atom stereocenters. The van der Waals surface area contributed by atoms with Crippen LogP contribution in [0.3, 0.4) is 0 Å². The number of nitrogens with one attached hydrogen (secondary N) is 1. The molecule has 26 heavy (non-hydrogen) atoms. The summed E-state index contributed by atoms with van der Waals surface area (Å²) in [7, 11) is 0. The van der Waals surface area contributed by atoms with Gasteiger partial charge in [-0.1, -0.05) is 13.8 Å². The second kappa shape index (κ2) is 8.12. The highest BCUT2D eigenvalue weighted by Crippen LogP contribution is 2.19. The highest BCUT2D eigenvalue weighted by atomic mass is 16.2. The molecule has 0 aromatic carbocycles. The Labute approximate surface area is 154 Å². The van der Waals surface area contributed by atoms with E-state index in [0.29, 0.717) is 18.2 Å². The third-order valence-corrected chi connectivity index (χ3v) is 4.36. The lowest BCUT2D eigenvalue weighted by atomic mass is 10.1. The molecular formula is C19H26N6O. The first kappa shape index (κ1) is 18.1. The van der Waals surface area contributed by atoms with Crippen LogP contribution in [0.15, 0.2) is 30.7 Å². The summed E-state index contributed by atoms with van der Waals surface area (Å²) in [6.45, 7) is 9.21. The van der Waals surface area contributed by atoms with Gasteiger partial charge in [0.25, 0.3) is 0 Å². The molecule has 138 valence electrons. The molecule has 0 aliphatic carbocycles. The van der Waals surface area contributed by atoms with Crippen LogP contribution >= 0.6 is 0 Å². The first-order valence-corrected chi connectivity index (χ1v) is 9.05. The van der Waals surface area contributed by atoms with Gasteiger partial charge in [-0.3, -0.25) is 4.79 Å². The summed E-state index contributed by atoms with van der Waals surface area (Å²) in [5, 5.41) is 3.22. The Bertz CT molecular complexity index is 755. The number of pyridine rings is 1. The summed E-state index contributed by atoms with van der Waals surface area (Å²) in [4.78, 5) is 29.3. The van der Waals surface area contributed by atoms with E-state index in [1.54, 1.807) is 12.5 Å². The van der Waals surface area contributed by atoms with Gasteiger partial charge in [0.1, 0.15) is 23.8 Å². The fourth-order valence-electron chi connectivity index (χ4n) is 2.99. The number of nitrogens with zero attached hydrogens (tertiary/aromatic N) is 5. The third kappa shape index (κ3) is 4.68. The molecule has 1 N–H and O–H groups in total. The van der Waals surface area contributed by atoms with Crippen molar-refractivity contribution in [3.63, 3.8) is 0 Å². The zero-order valence-corrected chi connectivity index (χ0v) is 15.6. The number of aryl methyl sites for hydroxylation is 1. The minimum Gasteiger partial charge on any atom is -0.353 e. The highest BCUT2D eigenvalue weighted by molar-refractivity contribution is 5.76. The number of hydrogen-bond acceptors (Lipinski definition) is 6. The van der Waals surface area contributed by atoms with Crippen molar-refractivity contribution >= 4 is 23.4 Å². The van der Waals surface area contributed by atoms with E-state index in [4.69, 9.17) is 0 Å². The summed E-state index contributed by atoms with van der Waals surface area (Å²) in [5.41, 5.74) is 1.14. The predicted molar refractivity (Wildman–Crippen MR) is 103 cm³/mol. The third-order valence-electron chi connectivity index (χ3n) is 4.36. The molecule has 7 nitrogen and oxygen atoms in total. The van der Waals surface area contributed by atoms with E-state index in [2.05, 4.69) is 39.0 Å². The zero-order chi connectivity index (χ0) is 18.5. The van der Waals surface area contributed by atoms with Gasteiger partial charge in [-0.15, -0.1) is 0 Å². The van der Waals surface area contributed by atoms with E-state index >= 15 is 0 Å². The minimum absolute atomic E-state index is 0.246. The maximum Gasteiger partial charge on any atom is 0.222 e. The topological polar surface area (TPSA) is 74.2 Å². The molecule has 3 rings (SSSR count). The Kier molecular flexibility index (Phi) is 5.65. The number of carbonyl (C=O) groups is 1.